The molecule has 0 aliphatic heterocycles. The highest BCUT2D eigenvalue weighted by Crippen LogP contribution is 2.08. The Hall–Kier alpha value is -2.66. The molecular formula is C21H25NO4. The first-order valence-electron chi connectivity index (χ1n) is 8.75. The Labute approximate surface area is 154 Å². The van der Waals surface area contributed by atoms with Crippen LogP contribution in [0.1, 0.15) is 24.5 Å². The number of carboxylic acid groups (broad SMARTS) is 1. The van der Waals surface area contributed by atoms with Gasteiger partial charge in [-0.3, -0.25) is 4.79 Å². The van der Waals surface area contributed by atoms with Crippen molar-refractivity contribution in [3.05, 3.63) is 71.8 Å². The van der Waals surface area contributed by atoms with Crippen LogP contribution in [0.4, 0.5) is 0 Å². The first-order chi connectivity index (χ1) is 12.6. The standard InChI is InChI=1S/C21H25NO4/c1-16(12-13-26-15-18-10-6-3-7-11-18)20(23)22-19(21(24)25)14-17-8-4-2-5-9-17/h2-11,16,19H,12-15H2,1H3,(H,22,23)(H,24,25). The fourth-order valence-corrected chi connectivity index (χ4v) is 2.52. The zero-order valence-corrected chi connectivity index (χ0v) is 14.9. The quantitative estimate of drug-likeness (QED) is 0.642. The lowest BCUT2D eigenvalue weighted by molar-refractivity contribution is -0.142. The Morgan fingerprint density at radius 3 is 2.15 bits per heavy atom. The number of rotatable bonds is 10. The van der Waals surface area contributed by atoms with E-state index in [1.54, 1.807) is 6.92 Å². The molecule has 0 radical (unpaired) electrons. The van der Waals surface area contributed by atoms with E-state index in [1.165, 1.54) is 0 Å². The van der Waals surface area contributed by atoms with Crippen molar-refractivity contribution in [3.63, 3.8) is 0 Å². The highest BCUT2D eigenvalue weighted by atomic mass is 16.5. The van der Waals surface area contributed by atoms with Gasteiger partial charge in [-0.2, -0.15) is 0 Å². The molecular weight excluding hydrogens is 330 g/mol. The summed E-state index contributed by atoms with van der Waals surface area (Å²) in [6.45, 7) is 2.73. The number of ether oxygens (including phenoxy) is 1. The number of carboxylic acids is 1. The van der Waals surface area contributed by atoms with Gasteiger partial charge in [0.05, 0.1) is 6.61 Å². The largest absolute Gasteiger partial charge is 0.480 e. The third-order valence-electron chi connectivity index (χ3n) is 4.15. The Balaban J connectivity index is 1.75. The average Bonchev–Trinajstić information content (AvgIpc) is 2.66. The molecule has 0 saturated heterocycles. The summed E-state index contributed by atoms with van der Waals surface area (Å²) in [4.78, 5) is 23.7. The van der Waals surface area contributed by atoms with Gasteiger partial charge in [-0.1, -0.05) is 67.6 Å². The summed E-state index contributed by atoms with van der Waals surface area (Å²) in [5.41, 5.74) is 1.96. The maximum absolute atomic E-state index is 12.3. The maximum Gasteiger partial charge on any atom is 0.326 e. The minimum atomic E-state index is -1.03. The number of carbonyl (C=O) groups is 2. The summed E-state index contributed by atoms with van der Waals surface area (Å²) in [6.07, 6.45) is 0.801. The van der Waals surface area contributed by atoms with Crippen LogP contribution >= 0.6 is 0 Å². The molecule has 2 atom stereocenters. The Bertz CT molecular complexity index is 688. The summed E-state index contributed by atoms with van der Waals surface area (Å²) in [7, 11) is 0. The Morgan fingerprint density at radius 2 is 1.58 bits per heavy atom. The van der Waals surface area contributed by atoms with Crippen molar-refractivity contribution in [2.24, 2.45) is 5.92 Å². The minimum absolute atomic E-state index is 0.263. The van der Waals surface area contributed by atoms with E-state index in [4.69, 9.17) is 4.74 Å². The van der Waals surface area contributed by atoms with Crippen LogP contribution in [-0.2, 0) is 27.4 Å². The molecule has 138 valence electrons. The maximum atomic E-state index is 12.3. The van der Waals surface area contributed by atoms with E-state index in [9.17, 15) is 14.7 Å². The number of benzene rings is 2. The number of carbonyl (C=O) groups excluding carboxylic acids is 1. The second-order valence-corrected chi connectivity index (χ2v) is 6.32. The molecule has 0 spiro atoms. The minimum Gasteiger partial charge on any atom is -0.480 e. The van der Waals surface area contributed by atoms with Gasteiger partial charge in [0.1, 0.15) is 6.04 Å². The lowest BCUT2D eigenvalue weighted by Gasteiger charge is -2.18. The first kappa shape index (κ1) is 19.7. The van der Waals surface area contributed by atoms with Gasteiger partial charge in [-0.05, 0) is 17.5 Å². The molecule has 2 aromatic carbocycles. The molecule has 1 amide bonds. The van der Waals surface area contributed by atoms with Crippen molar-refractivity contribution in [2.75, 3.05) is 6.61 Å². The predicted molar refractivity (Wildman–Crippen MR) is 99.6 cm³/mol. The van der Waals surface area contributed by atoms with Gasteiger partial charge >= 0.3 is 5.97 Å². The number of aliphatic carboxylic acids is 1. The highest BCUT2D eigenvalue weighted by Gasteiger charge is 2.23. The van der Waals surface area contributed by atoms with E-state index >= 15 is 0 Å². The molecule has 5 nitrogen and oxygen atoms in total. The smallest absolute Gasteiger partial charge is 0.326 e. The summed E-state index contributed by atoms with van der Waals surface area (Å²) in [6, 6.07) is 18.2. The fraction of sp³-hybridized carbons (Fsp3) is 0.333. The lowest BCUT2D eigenvalue weighted by atomic mass is 10.0. The van der Waals surface area contributed by atoms with Gasteiger partial charge in [0.2, 0.25) is 5.91 Å². The number of nitrogens with one attached hydrogen (secondary N) is 1. The number of hydrogen-bond donors (Lipinski definition) is 2. The summed E-state index contributed by atoms with van der Waals surface area (Å²) in [5.74, 6) is -1.62. The zero-order chi connectivity index (χ0) is 18.8. The van der Waals surface area contributed by atoms with Crippen molar-refractivity contribution >= 4 is 11.9 Å². The average molecular weight is 355 g/mol. The van der Waals surface area contributed by atoms with Crippen LogP contribution in [0, 0.1) is 5.92 Å². The predicted octanol–water partition coefficient (Wildman–Crippen LogP) is 3.04. The molecule has 0 aromatic heterocycles. The van der Waals surface area contributed by atoms with Gasteiger partial charge in [-0.15, -0.1) is 0 Å². The summed E-state index contributed by atoms with van der Waals surface area (Å²) < 4.78 is 5.59. The van der Waals surface area contributed by atoms with Crippen molar-refractivity contribution < 1.29 is 19.4 Å². The molecule has 2 rings (SSSR count). The van der Waals surface area contributed by atoms with Crippen LogP contribution in [0.15, 0.2) is 60.7 Å². The Kier molecular flexibility index (Phi) is 7.83. The second kappa shape index (κ2) is 10.4. The first-order valence-corrected chi connectivity index (χ1v) is 8.75. The molecule has 2 N–H and O–H groups in total. The van der Waals surface area contributed by atoms with Crippen molar-refractivity contribution in [1.29, 1.82) is 0 Å². The fourth-order valence-electron chi connectivity index (χ4n) is 2.52. The second-order valence-electron chi connectivity index (χ2n) is 6.32. The van der Waals surface area contributed by atoms with Crippen LogP contribution in [0.5, 0.6) is 0 Å². The molecule has 26 heavy (non-hydrogen) atoms. The van der Waals surface area contributed by atoms with Gasteiger partial charge in [0.25, 0.3) is 0 Å². The van der Waals surface area contributed by atoms with Gasteiger partial charge in [0.15, 0.2) is 0 Å². The molecule has 2 unspecified atom stereocenters. The van der Waals surface area contributed by atoms with Crippen molar-refractivity contribution in [3.8, 4) is 0 Å². The molecule has 0 heterocycles. The van der Waals surface area contributed by atoms with E-state index in [0.717, 1.165) is 11.1 Å². The van der Waals surface area contributed by atoms with E-state index < -0.39 is 12.0 Å². The van der Waals surface area contributed by atoms with E-state index in [-0.39, 0.29) is 18.2 Å². The molecule has 0 bridgehead atoms. The van der Waals surface area contributed by atoms with E-state index in [0.29, 0.717) is 19.6 Å². The van der Waals surface area contributed by atoms with Crippen LogP contribution in [0.3, 0.4) is 0 Å². The molecule has 5 heteroatoms. The van der Waals surface area contributed by atoms with E-state index in [2.05, 4.69) is 5.32 Å². The monoisotopic (exact) mass is 355 g/mol. The summed E-state index contributed by atoms with van der Waals surface area (Å²) >= 11 is 0. The van der Waals surface area contributed by atoms with Gasteiger partial charge in [-0.25, -0.2) is 4.79 Å². The van der Waals surface area contributed by atoms with Crippen molar-refractivity contribution in [2.45, 2.75) is 32.4 Å². The van der Waals surface area contributed by atoms with Crippen LogP contribution in [0.25, 0.3) is 0 Å². The molecule has 0 aliphatic carbocycles. The number of amides is 1. The normalized spacial score (nSPS) is 13.0. The highest BCUT2D eigenvalue weighted by molar-refractivity contribution is 5.84. The SMILES string of the molecule is CC(CCOCc1ccccc1)C(=O)NC(Cc1ccccc1)C(=O)O. The molecule has 0 fully saturated rings. The molecule has 0 aliphatic rings. The molecule has 2 aromatic rings. The van der Waals surface area contributed by atoms with Gasteiger partial charge in [0, 0.05) is 18.9 Å². The number of hydrogen-bond acceptors (Lipinski definition) is 3. The molecule has 0 saturated carbocycles. The zero-order valence-electron chi connectivity index (χ0n) is 14.9. The lowest BCUT2D eigenvalue weighted by Crippen LogP contribution is -2.44. The van der Waals surface area contributed by atoms with Gasteiger partial charge < -0.3 is 15.2 Å². The third-order valence-corrected chi connectivity index (χ3v) is 4.15. The van der Waals surface area contributed by atoms with Crippen LogP contribution in [-0.4, -0.2) is 29.6 Å². The summed E-state index contributed by atoms with van der Waals surface area (Å²) in [5, 5.41) is 12.0. The van der Waals surface area contributed by atoms with Crippen LogP contribution < -0.4 is 5.32 Å². The third kappa shape index (κ3) is 6.69. The van der Waals surface area contributed by atoms with E-state index in [1.807, 2.05) is 60.7 Å². The van der Waals surface area contributed by atoms with Crippen LogP contribution in [0.2, 0.25) is 0 Å². The Morgan fingerprint density at radius 1 is 1.00 bits per heavy atom. The van der Waals surface area contributed by atoms with Crippen molar-refractivity contribution in [1.82, 2.24) is 5.32 Å². The topological polar surface area (TPSA) is 75.6 Å².